The van der Waals surface area contributed by atoms with Gasteiger partial charge in [0.15, 0.2) is 0 Å². The molecule has 1 aliphatic carbocycles. The molecule has 0 aromatic heterocycles. The summed E-state index contributed by atoms with van der Waals surface area (Å²) in [7, 11) is 0. The van der Waals surface area contributed by atoms with E-state index in [1.165, 1.54) is 38.3 Å². The van der Waals surface area contributed by atoms with Crippen LogP contribution in [0.4, 0.5) is 0 Å². The first kappa shape index (κ1) is 12.2. The molecule has 0 saturated heterocycles. The summed E-state index contributed by atoms with van der Waals surface area (Å²) in [6, 6.07) is 23.8. The molecule has 100 valence electrons. The van der Waals surface area contributed by atoms with Crippen LogP contribution in [0.1, 0.15) is 16.7 Å². The highest BCUT2D eigenvalue weighted by Crippen LogP contribution is 2.24. The number of fused-ring (bicyclic) bond motifs is 3. The summed E-state index contributed by atoms with van der Waals surface area (Å²) >= 11 is 0. The van der Waals surface area contributed by atoms with Gasteiger partial charge in [-0.25, -0.2) is 0 Å². The largest absolute Gasteiger partial charge is 0.0616 e. The lowest BCUT2D eigenvalue weighted by molar-refractivity contribution is 1.45. The van der Waals surface area contributed by atoms with Gasteiger partial charge in [-0.05, 0) is 51.8 Å². The Kier molecular flexibility index (Phi) is 2.75. The van der Waals surface area contributed by atoms with Gasteiger partial charge in [0.25, 0.3) is 0 Å². The fourth-order valence-electron chi connectivity index (χ4n) is 2.97. The summed E-state index contributed by atoms with van der Waals surface area (Å²) in [6.07, 6.45) is 4.56. The van der Waals surface area contributed by atoms with Gasteiger partial charge in [-0.15, -0.1) is 0 Å². The molecule has 1 aliphatic rings. The van der Waals surface area contributed by atoms with Crippen molar-refractivity contribution in [1.29, 1.82) is 0 Å². The molecule has 0 unspecified atom stereocenters. The number of aryl methyl sites for hydroxylation is 1. The molecule has 21 heavy (non-hydrogen) atoms. The predicted molar refractivity (Wildman–Crippen MR) is 89.4 cm³/mol. The van der Waals surface area contributed by atoms with E-state index in [1.807, 2.05) is 0 Å². The zero-order valence-electron chi connectivity index (χ0n) is 12.0. The highest BCUT2D eigenvalue weighted by atomic mass is 14.1. The van der Waals surface area contributed by atoms with Crippen molar-refractivity contribution in [2.24, 2.45) is 0 Å². The maximum atomic E-state index is 2.30. The Balaban J connectivity index is 1.95. The summed E-state index contributed by atoms with van der Waals surface area (Å²) in [4.78, 5) is 0. The smallest absolute Gasteiger partial charge is 0.00988 e. The van der Waals surface area contributed by atoms with Crippen LogP contribution in [0, 0.1) is 6.92 Å². The standard InChI is InChI=1S/C21H16/c1-15-9-11-16(12-10-15)13-17-6-4-8-20-19-7-3-2-5-18(19)14-21(17)20/h2-14H,1H3. The van der Waals surface area contributed by atoms with Gasteiger partial charge in [0.1, 0.15) is 0 Å². The first-order chi connectivity index (χ1) is 10.3. The van der Waals surface area contributed by atoms with E-state index >= 15 is 0 Å². The maximum Gasteiger partial charge on any atom is -0.00988 e. The van der Waals surface area contributed by atoms with Crippen LogP contribution in [0.2, 0.25) is 0 Å². The van der Waals surface area contributed by atoms with E-state index in [0.717, 1.165) is 0 Å². The van der Waals surface area contributed by atoms with E-state index in [0.29, 0.717) is 0 Å². The Morgan fingerprint density at radius 3 is 2.33 bits per heavy atom. The lowest BCUT2D eigenvalue weighted by atomic mass is 10.0. The minimum atomic E-state index is 1.25. The molecule has 3 aromatic rings. The second-order valence-corrected chi connectivity index (χ2v) is 5.60. The second-order valence-electron chi connectivity index (χ2n) is 5.60. The maximum absolute atomic E-state index is 2.30. The van der Waals surface area contributed by atoms with Gasteiger partial charge in [-0.2, -0.15) is 0 Å². The Labute approximate surface area is 124 Å². The monoisotopic (exact) mass is 268 g/mol. The van der Waals surface area contributed by atoms with E-state index < -0.39 is 0 Å². The molecule has 3 aromatic carbocycles. The van der Waals surface area contributed by atoms with Crippen LogP contribution >= 0.6 is 0 Å². The molecule has 0 N–H and O–H groups in total. The molecule has 0 atom stereocenters. The first-order valence-electron chi connectivity index (χ1n) is 7.30. The molecule has 0 heterocycles. The quantitative estimate of drug-likeness (QED) is 0.494. The van der Waals surface area contributed by atoms with Gasteiger partial charge in [0.05, 0.1) is 0 Å². The molecule has 0 spiro atoms. The number of hydrogen-bond acceptors (Lipinski definition) is 0. The van der Waals surface area contributed by atoms with E-state index in [-0.39, 0.29) is 0 Å². The summed E-state index contributed by atoms with van der Waals surface area (Å²) in [5, 5.41) is 2.62. The van der Waals surface area contributed by atoms with Crippen LogP contribution in [-0.2, 0) is 0 Å². The fraction of sp³-hybridized carbons (Fsp3) is 0.0476. The molecule has 4 rings (SSSR count). The zero-order valence-corrected chi connectivity index (χ0v) is 12.0. The van der Waals surface area contributed by atoms with Crippen molar-refractivity contribution in [3.8, 4) is 11.1 Å². The fourth-order valence-corrected chi connectivity index (χ4v) is 2.97. The lowest BCUT2D eigenvalue weighted by Crippen LogP contribution is -2.24. The zero-order chi connectivity index (χ0) is 14.2. The van der Waals surface area contributed by atoms with E-state index in [1.54, 1.807) is 0 Å². The molecule has 0 radical (unpaired) electrons. The molecule has 0 saturated carbocycles. The Morgan fingerprint density at radius 2 is 1.48 bits per heavy atom. The third kappa shape index (κ3) is 2.09. The van der Waals surface area contributed by atoms with Crippen LogP contribution in [0.5, 0.6) is 0 Å². The van der Waals surface area contributed by atoms with Crippen molar-refractivity contribution in [2.45, 2.75) is 6.92 Å². The Morgan fingerprint density at radius 1 is 0.714 bits per heavy atom. The molecule has 0 bridgehead atoms. The molecule has 0 amide bonds. The number of rotatable bonds is 1. The minimum absolute atomic E-state index is 1.25. The lowest BCUT2D eigenvalue weighted by Gasteiger charge is -2.00. The molecule has 0 aliphatic heterocycles. The van der Waals surface area contributed by atoms with Crippen LogP contribution in [0.25, 0.3) is 23.3 Å². The molecule has 0 fully saturated rings. The molecular weight excluding hydrogens is 252 g/mol. The van der Waals surface area contributed by atoms with Gasteiger partial charge >= 0.3 is 0 Å². The third-order valence-electron chi connectivity index (χ3n) is 4.09. The minimum Gasteiger partial charge on any atom is -0.0616 e. The summed E-state index contributed by atoms with van der Waals surface area (Å²) in [5.74, 6) is 0. The topological polar surface area (TPSA) is 0 Å². The normalized spacial score (nSPS) is 12.7. The summed E-state index contributed by atoms with van der Waals surface area (Å²) in [5.41, 5.74) is 6.54. The van der Waals surface area contributed by atoms with Crippen LogP contribution < -0.4 is 10.4 Å². The van der Waals surface area contributed by atoms with Crippen molar-refractivity contribution < 1.29 is 0 Å². The van der Waals surface area contributed by atoms with Crippen molar-refractivity contribution >= 4 is 12.2 Å². The van der Waals surface area contributed by atoms with Crippen LogP contribution in [0.3, 0.4) is 0 Å². The van der Waals surface area contributed by atoms with E-state index in [4.69, 9.17) is 0 Å². The average Bonchev–Trinajstić information content (AvgIpc) is 2.89. The van der Waals surface area contributed by atoms with Crippen LogP contribution in [0.15, 0.2) is 66.7 Å². The van der Waals surface area contributed by atoms with E-state index in [9.17, 15) is 0 Å². The molecule has 0 heteroatoms. The number of hydrogen-bond donors (Lipinski definition) is 0. The van der Waals surface area contributed by atoms with E-state index in [2.05, 4.69) is 85.8 Å². The van der Waals surface area contributed by atoms with Gasteiger partial charge in [0.2, 0.25) is 0 Å². The van der Waals surface area contributed by atoms with Gasteiger partial charge in [-0.3, -0.25) is 0 Å². The summed E-state index contributed by atoms with van der Waals surface area (Å²) < 4.78 is 0. The highest BCUT2D eigenvalue weighted by Gasteiger charge is 2.10. The molecular formula is C21H16. The predicted octanol–water partition coefficient (Wildman–Crippen LogP) is 3.63. The van der Waals surface area contributed by atoms with Crippen molar-refractivity contribution in [1.82, 2.24) is 0 Å². The van der Waals surface area contributed by atoms with Gasteiger partial charge in [0, 0.05) is 0 Å². The Bertz CT molecular complexity index is 929. The third-order valence-corrected chi connectivity index (χ3v) is 4.09. The average molecular weight is 268 g/mol. The van der Waals surface area contributed by atoms with Crippen molar-refractivity contribution in [3.05, 3.63) is 93.9 Å². The number of benzene rings is 3. The second kappa shape index (κ2) is 4.75. The van der Waals surface area contributed by atoms with Crippen LogP contribution in [-0.4, -0.2) is 0 Å². The van der Waals surface area contributed by atoms with Gasteiger partial charge in [-0.1, -0.05) is 72.3 Å². The van der Waals surface area contributed by atoms with Crippen molar-refractivity contribution in [2.75, 3.05) is 0 Å². The SMILES string of the molecule is Cc1ccc(C=c2cccc3c2=Cc2ccccc2-3)cc1. The molecule has 0 nitrogen and oxygen atoms in total. The Hall–Kier alpha value is -2.60. The van der Waals surface area contributed by atoms with Crippen molar-refractivity contribution in [3.63, 3.8) is 0 Å². The first-order valence-corrected chi connectivity index (χ1v) is 7.30. The van der Waals surface area contributed by atoms with Gasteiger partial charge < -0.3 is 0 Å². The highest BCUT2D eigenvalue weighted by molar-refractivity contribution is 5.83. The summed E-state index contributed by atoms with van der Waals surface area (Å²) in [6.45, 7) is 2.12.